The van der Waals surface area contributed by atoms with Crippen LogP contribution in [0.4, 0.5) is 0 Å². The first-order chi connectivity index (χ1) is 4.88. The van der Waals surface area contributed by atoms with Gasteiger partial charge in [0.05, 0.1) is 0 Å². The van der Waals surface area contributed by atoms with Gasteiger partial charge in [-0.2, -0.15) is 0 Å². The normalized spacial score (nSPS) is 8.30. The summed E-state index contributed by atoms with van der Waals surface area (Å²) in [5, 5.41) is 0. The summed E-state index contributed by atoms with van der Waals surface area (Å²) < 4.78 is 0. The lowest BCUT2D eigenvalue weighted by Gasteiger charge is -1.93. The Labute approximate surface area is 61.2 Å². The van der Waals surface area contributed by atoms with Crippen LogP contribution >= 0.6 is 0 Å². The molecule has 0 saturated carbocycles. The quantitative estimate of drug-likeness (QED) is 0.507. The van der Waals surface area contributed by atoms with E-state index in [0.29, 0.717) is 0 Å². The zero-order chi connectivity index (χ0) is 7.40. The Morgan fingerprint density at radius 1 is 1.70 bits per heavy atom. The standard InChI is InChI=1S/C10H7/c1-3-9-7-5-6-8-10(9)4-2/h1,4-6,8H,2H2. The van der Waals surface area contributed by atoms with E-state index in [4.69, 9.17) is 6.42 Å². The van der Waals surface area contributed by atoms with E-state index in [9.17, 15) is 0 Å². The van der Waals surface area contributed by atoms with Crippen molar-refractivity contribution in [2.75, 3.05) is 0 Å². The van der Waals surface area contributed by atoms with Gasteiger partial charge in [0.15, 0.2) is 0 Å². The molecule has 0 aliphatic carbocycles. The molecule has 10 heavy (non-hydrogen) atoms. The Hall–Kier alpha value is -1.48. The van der Waals surface area contributed by atoms with Gasteiger partial charge in [-0.25, -0.2) is 0 Å². The van der Waals surface area contributed by atoms with Crippen LogP contribution in [0.2, 0.25) is 0 Å². The molecule has 0 heteroatoms. The maximum absolute atomic E-state index is 5.20. The summed E-state index contributed by atoms with van der Waals surface area (Å²) in [4.78, 5) is 0. The molecule has 1 rings (SSSR count). The third-order valence-electron chi connectivity index (χ3n) is 1.25. The van der Waals surface area contributed by atoms with Crippen molar-refractivity contribution in [3.05, 3.63) is 42.0 Å². The number of hydrogen-bond donors (Lipinski definition) is 0. The summed E-state index contributed by atoms with van der Waals surface area (Å²) in [5.41, 5.74) is 1.74. The number of benzene rings is 1. The number of rotatable bonds is 1. The highest BCUT2D eigenvalue weighted by molar-refractivity contribution is 5.56. The first-order valence-electron chi connectivity index (χ1n) is 2.98. The Morgan fingerprint density at radius 2 is 2.50 bits per heavy atom. The minimum atomic E-state index is 0.775. The molecular formula is C10H7. The van der Waals surface area contributed by atoms with Crippen LogP contribution in [0.1, 0.15) is 11.1 Å². The summed E-state index contributed by atoms with van der Waals surface area (Å²) in [6.07, 6.45) is 6.93. The minimum Gasteiger partial charge on any atom is -0.115 e. The molecule has 0 aliphatic rings. The molecule has 0 heterocycles. The van der Waals surface area contributed by atoms with E-state index in [1.807, 2.05) is 12.1 Å². The fraction of sp³-hybridized carbons (Fsp3) is 0. The number of hydrogen-bond acceptors (Lipinski definition) is 0. The van der Waals surface area contributed by atoms with Crippen LogP contribution in [-0.2, 0) is 0 Å². The zero-order valence-electron chi connectivity index (χ0n) is 5.59. The van der Waals surface area contributed by atoms with Gasteiger partial charge in [-0.15, -0.1) is 6.42 Å². The lowest BCUT2D eigenvalue weighted by molar-refractivity contribution is 1.59. The summed E-state index contributed by atoms with van der Waals surface area (Å²) >= 11 is 0. The molecule has 1 aromatic rings. The third kappa shape index (κ3) is 1.09. The van der Waals surface area contributed by atoms with Crippen molar-refractivity contribution in [1.29, 1.82) is 0 Å². The van der Waals surface area contributed by atoms with Crippen LogP contribution in [0.3, 0.4) is 0 Å². The predicted molar refractivity (Wildman–Crippen MR) is 43.3 cm³/mol. The smallest absolute Gasteiger partial charge is 0.0393 e. The second-order valence-corrected chi connectivity index (χ2v) is 1.85. The average molecular weight is 127 g/mol. The van der Waals surface area contributed by atoms with Crippen LogP contribution in [-0.4, -0.2) is 0 Å². The van der Waals surface area contributed by atoms with Crippen LogP contribution < -0.4 is 0 Å². The molecule has 1 radical (unpaired) electrons. The monoisotopic (exact) mass is 127 g/mol. The van der Waals surface area contributed by atoms with Crippen molar-refractivity contribution >= 4 is 6.08 Å². The molecule has 0 fully saturated rings. The zero-order valence-corrected chi connectivity index (χ0v) is 5.59. The first kappa shape index (κ1) is 6.64. The molecule has 47 valence electrons. The molecule has 0 amide bonds. The first-order valence-corrected chi connectivity index (χ1v) is 2.98. The Morgan fingerprint density at radius 3 is 3.00 bits per heavy atom. The van der Waals surface area contributed by atoms with Gasteiger partial charge in [-0.1, -0.05) is 36.8 Å². The van der Waals surface area contributed by atoms with Crippen molar-refractivity contribution in [3.8, 4) is 12.3 Å². The largest absolute Gasteiger partial charge is 0.115 e. The van der Waals surface area contributed by atoms with Crippen LogP contribution in [0.25, 0.3) is 6.08 Å². The van der Waals surface area contributed by atoms with Gasteiger partial charge in [-0.3, -0.25) is 0 Å². The highest BCUT2D eigenvalue weighted by Crippen LogP contribution is 2.06. The van der Waals surface area contributed by atoms with E-state index >= 15 is 0 Å². The van der Waals surface area contributed by atoms with Gasteiger partial charge in [0.25, 0.3) is 0 Å². The molecule has 0 bridgehead atoms. The molecular weight excluding hydrogens is 120 g/mol. The fourth-order valence-electron chi connectivity index (χ4n) is 0.745. The lowest BCUT2D eigenvalue weighted by Crippen LogP contribution is -1.78. The van der Waals surface area contributed by atoms with Crippen molar-refractivity contribution in [2.24, 2.45) is 0 Å². The number of terminal acetylenes is 1. The van der Waals surface area contributed by atoms with Crippen molar-refractivity contribution in [2.45, 2.75) is 0 Å². The van der Waals surface area contributed by atoms with E-state index in [1.165, 1.54) is 0 Å². The van der Waals surface area contributed by atoms with E-state index in [2.05, 4.69) is 18.6 Å². The van der Waals surface area contributed by atoms with E-state index in [-0.39, 0.29) is 0 Å². The second kappa shape index (κ2) is 2.89. The molecule has 0 saturated heterocycles. The molecule has 0 aliphatic heterocycles. The molecule has 1 aromatic carbocycles. The Kier molecular flexibility index (Phi) is 1.92. The van der Waals surface area contributed by atoms with Crippen LogP contribution in [0, 0.1) is 18.4 Å². The van der Waals surface area contributed by atoms with Crippen LogP contribution in [0.15, 0.2) is 24.8 Å². The molecule has 0 spiro atoms. The van der Waals surface area contributed by atoms with Gasteiger partial charge >= 0.3 is 0 Å². The van der Waals surface area contributed by atoms with Gasteiger partial charge < -0.3 is 0 Å². The predicted octanol–water partition coefficient (Wildman–Crippen LogP) is 2.11. The second-order valence-electron chi connectivity index (χ2n) is 1.85. The maximum atomic E-state index is 5.20. The molecule has 0 nitrogen and oxygen atoms in total. The topological polar surface area (TPSA) is 0 Å². The molecule has 0 N–H and O–H groups in total. The molecule has 0 unspecified atom stereocenters. The lowest BCUT2D eigenvalue weighted by atomic mass is 10.1. The third-order valence-corrected chi connectivity index (χ3v) is 1.25. The fourth-order valence-corrected chi connectivity index (χ4v) is 0.745. The van der Waals surface area contributed by atoms with Gasteiger partial charge in [0.1, 0.15) is 0 Å². The van der Waals surface area contributed by atoms with Crippen molar-refractivity contribution < 1.29 is 0 Å². The molecule has 0 atom stereocenters. The average Bonchev–Trinajstić information content (AvgIpc) is 2.04. The van der Waals surface area contributed by atoms with E-state index in [1.54, 1.807) is 12.1 Å². The maximum Gasteiger partial charge on any atom is 0.0393 e. The van der Waals surface area contributed by atoms with E-state index < -0.39 is 0 Å². The van der Waals surface area contributed by atoms with E-state index in [0.717, 1.165) is 11.1 Å². The van der Waals surface area contributed by atoms with Gasteiger partial charge in [-0.05, 0) is 11.6 Å². The minimum absolute atomic E-state index is 0.775. The SMILES string of the molecule is C#Cc1[c]cccc1C=C. The Bertz CT molecular complexity index is 276. The van der Waals surface area contributed by atoms with Crippen LogP contribution in [0.5, 0.6) is 0 Å². The Balaban J connectivity index is 3.24. The summed E-state index contributed by atoms with van der Waals surface area (Å²) in [5.74, 6) is 2.52. The van der Waals surface area contributed by atoms with Crippen molar-refractivity contribution in [3.63, 3.8) is 0 Å². The molecule has 0 aromatic heterocycles. The van der Waals surface area contributed by atoms with Gasteiger partial charge in [0, 0.05) is 5.56 Å². The van der Waals surface area contributed by atoms with Gasteiger partial charge in [0.2, 0.25) is 0 Å². The summed E-state index contributed by atoms with van der Waals surface area (Å²) in [7, 11) is 0. The highest BCUT2D eigenvalue weighted by Gasteiger charge is 1.90. The summed E-state index contributed by atoms with van der Waals surface area (Å²) in [6.45, 7) is 3.62. The summed E-state index contributed by atoms with van der Waals surface area (Å²) in [6, 6.07) is 8.53. The highest BCUT2D eigenvalue weighted by atomic mass is 13.9. The van der Waals surface area contributed by atoms with Crippen molar-refractivity contribution in [1.82, 2.24) is 0 Å².